The lowest BCUT2D eigenvalue weighted by molar-refractivity contribution is -0.106. The SMILES string of the molecule is C.CC=O.CCN1CCC(n2cnc3c(-c4cnc(N)nc4)nc(N4CCOCC4)nc32)CC1.Cl.Nc1ncc(-c2nc(N3CCOCC3)nc3c2ncn3C2CCNCC2)cn1. The van der Waals surface area contributed by atoms with Crippen LogP contribution in [0.4, 0.5) is 23.8 Å². The maximum atomic E-state index is 8.81. The average Bonchev–Trinajstić information content (AvgIpc) is 3.96. The van der Waals surface area contributed by atoms with Gasteiger partial charge in [-0.05, 0) is 52.2 Å². The van der Waals surface area contributed by atoms with E-state index in [0.717, 1.165) is 136 Å². The van der Waals surface area contributed by atoms with Gasteiger partial charge in [-0.2, -0.15) is 9.97 Å². The average molecular weight is 887 g/mol. The molecule has 4 aliphatic heterocycles. The van der Waals surface area contributed by atoms with Crippen molar-refractivity contribution in [3.05, 3.63) is 37.4 Å². The van der Waals surface area contributed by atoms with E-state index < -0.39 is 0 Å². The van der Waals surface area contributed by atoms with Crippen LogP contribution >= 0.6 is 12.4 Å². The van der Waals surface area contributed by atoms with E-state index >= 15 is 0 Å². The standard InChI is InChI=1S/C20H27N9O.C18H23N9O.C2H4O.CH4.ClH/c1-2-27-5-3-15(4-6-27)29-13-24-17-16(14-11-22-19(21)23-12-14)25-20(26-18(17)29)28-7-9-30-10-8-28;19-17-21-9-12(10-22-17)14-15-16(25-18(24-14)26-5-7-28-8-6-26)27(11-23-15)13-1-3-20-4-2-13;1-2-3;;/h11-13,15H,2-10H2,1H3,(H2,21,22,23);9-11,13,20H,1-8H2,(H2,19,21,22);2H,1H3;1H4;1H. The highest BCUT2D eigenvalue weighted by molar-refractivity contribution is 5.89. The molecule has 22 heteroatoms. The van der Waals surface area contributed by atoms with Gasteiger partial charge in [-0.3, -0.25) is 0 Å². The molecule has 10 heterocycles. The van der Waals surface area contributed by atoms with Gasteiger partial charge in [0.05, 0.1) is 39.1 Å². The Hall–Kier alpha value is -5.74. The van der Waals surface area contributed by atoms with E-state index in [9.17, 15) is 0 Å². The minimum atomic E-state index is 0. The first-order valence-electron chi connectivity index (χ1n) is 21.1. The number of fused-ring (bicyclic) bond motifs is 2. The second kappa shape index (κ2) is 22.1. The summed E-state index contributed by atoms with van der Waals surface area (Å²) in [5.74, 6) is 1.87. The zero-order chi connectivity index (χ0) is 42.1. The number of halogens is 1. The highest BCUT2D eigenvalue weighted by Crippen LogP contribution is 2.33. The highest BCUT2D eigenvalue weighted by Gasteiger charge is 2.27. The van der Waals surface area contributed by atoms with Crippen molar-refractivity contribution in [3.63, 3.8) is 0 Å². The number of aromatic nitrogens is 12. The molecule has 0 atom stereocenters. The van der Waals surface area contributed by atoms with Gasteiger partial charge in [0, 0.05) is 87.3 Å². The number of nitrogen functional groups attached to an aromatic ring is 2. The molecule has 4 aliphatic rings. The van der Waals surface area contributed by atoms with Crippen molar-refractivity contribution < 1.29 is 14.3 Å². The Kier molecular flexibility index (Phi) is 16.4. The largest absolute Gasteiger partial charge is 0.378 e. The first-order valence-corrected chi connectivity index (χ1v) is 21.1. The monoisotopic (exact) mass is 886 g/mol. The van der Waals surface area contributed by atoms with Crippen molar-refractivity contribution in [2.75, 3.05) is 107 Å². The summed E-state index contributed by atoms with van der Waals surface area (Å²) in [5.41, 5.74) is 17.7. The number of piperidine rings is 2. The van der Waals surface area contributed by atoms with Crippen LogP contribution in [0.3, 0.4) is 0 Å². The van der Waals surface area contributed by atoms with Crippen LogP contribution < -0.4 is 26.6 Å². The summed E-state index contributed by atoms with van der Waals surface area (Å²) >= 11 is 0. The molecule has 0 spiro atoms. The number of aldehydes is 1. The molecule has 6 aromatic rings. The normalized spacial score (nSPS) is 17.5. The molecule has 338 valence electrons. The van der Waals surface area contributed by atoms with Crippen molar-refractivity contribution >= 4 is 64.8 Å². The predicted octanol–water partition coefficient (Wildman–Crippen LogP) is 3.25. The number of anilines is 4. The number of rotatable bonds is 7. The lowest BCUT2D eigenvalue weighted by atomic mass is 10.0. The number of nitrogens with zero attached hydrogens (tertiary/aromatic N) is 15. The third-order valence-electron chi connectivity index (χ3n) is 11.4. The fourth-order valence-corrected chi connectivity index (χ4v) is 8.08. The molecule has 4 fully saturated rings. The van der Waals surface area contributed by atoms with Gasteiger partial charge in [-0.1, -0.05) is 14.4 Å². The van der Waals surface area contributed by atoms with Gasteiger partial charge in [0.2, 0.25) is 23.8 Å². The molecule has 4 saturated heterocycles. The molecule has 6 aromatic heterocycles. The molecule has 5 N–H and O–H groups in total. The maximum absolute atomic E-state index is 8.81. The zero-order valence-electron chi connectivity index (χ0n) is 35.2. The fourth-order valence-electron chi connectivity index (χ4n) is 8.08. The Balaban J connectivity index is 0.000000192. The van der Waals surface area contributed by atoms with Crippen molar-refractivity contribution in [1.82, 2.24) is 69.2 Å². The predicted molar refractivity (Wildman–Crippen MR) is 245 cm³/mol. The number of ether oxygens (including phenoxy) is 2. The van der Waals surface area contributed by atoms with Crippen molar-refractivity contribution in [1.29, 1.82) is 0 Å². The van der Waals surface area contributed by atoms with E-state index in [1.165, 1.54) is 6.92 Å². The molecule has 10 rings (SSSR count). The number of morpholine rings is 2. The van der Waals surface area contributed by atoms with Gasteiger partial charge in [0.25, 0.3) is 0 Å². The van der Waals surface area contributed by atoms with Gasteiger partial charge < -0.3 is 54.9 Å². The molecule has 0 aromatic carbocycles. The smallest absolute Gasteiger partial charge is 0.228 e. The molecular weight excluding hydrogens is 828 g/mol. The molecule has 21 nitrogen and oxygen atoms in total. The maximum Gasteiger partial charge on any atom is 0.228 e. The van der Waals surface area contributed by atoms with Crippen molar-refractivity contribution in [2.24, 2.45) is 0 Å². The van der Waals surface area contributed by atoms with E-state index in [-0.39, 0.29) is 31.7 Å². The highest BCUT2D eigenvalue weighted by atomic mass is 35.5. The Labute approximate surface area is 372 Å². The van der Waals surface area contributed by atoms with Crippen LogP contribution in [0, 0.1) is 0 Å². The minimum absolute atomic E-state index is 0. The second-order valence-corrected chi connectivity index (χ2v) is 15.1. The molecular formula is C41H59ClN18O3. The van der Waals surface area contributed by atoms with Crippen molar-refractivity contribution in [3.8, 4) is 22.5 Å². The van der Waals surface area contributed by atoms with Gasteiger partial charge in [-0.25, -0.2) is 39.9 Å². The van der Waals surface area contributed by atoms with Crippen LogP contribution in [0.2, 0.25) is 0 Å². The molecule has 0 bridgehead atoms. The molecule has 0 saturated carbocycles. The summed E-state index contributed by atoms with van der Waals surface area (Å²) < 4.78 is 15.4. The van der Waals surface area contributed by atoms with Crippen LogP contribution in [0.15, 0.2) is 37.4 Å². The number of imidazole rings is 2. The first-order chi connectivity index (χ1) is 29.9. The fraction of sp³-hybridized carbons (Fsp3) is 0.537. The van der Waals surface area contributed by atoms with E-state index in [4.69, 9.17) is 50.7 Å². The third-order valence-corrected chi connectivity index (χ3v) is 11.4. The number of nitrogens with one attached hydrogen (secondary N) is 1. The lowest BCUT2D eigenvalue weighted by Gasteiger charge is -2.32. The van der Waals surface area contributed by atoms with E-state index in [2.05, 4.69) is 61.0 Å². The molecule has 0 unspecified atom stereocenters. The summed E-state index contributed by atoms with van der Waals surface area (Å²) in [6.45, 7) is 14.7. The summed E-state index contributed by atoms with van der Waals surface area (Å²) in [4.78, 5) is 61.1. The summed E-state index contributed by atoms with van der Waals surface area (Å²) in [7, 11) is 0. The number of hydrogen-bond acceptors (Lipinski definition) is 19. The van der Waals surface area contributed by atoms with E-state index in [0.29, 0.717) is 50.4 Å². The third kappa shape index (κ3) is 10.7. The van der Waals surface area contributed by atoms with E-state index in [1.807, 2.05) is 12.7 Å². The molecule has 0 radical (unpaired) electrons. The minimum Gasteiger partial charge on any atom is -0.378 e. The van der Waals surface area contributed by atoms with Crippen LogP contribution in [-0.4, -0.2) is 155 Å². The Bertz CT molecular complexity index is 2350. The Morgan fingerprint density at radius 3 is 1.44 bits per heavy atom. The first kappa shape index (κ1) is 46.8. The van der Waals surface area contributed by atoms with Crippen LogP contribution in [0.5, 0.6) is 0 Å². The topological polar surface area (TPSA) is 248 Å². The Morgan fingerprint density at radius 1 is 0.651 bits per heavy atom. The van der Waals surface area contributed by atoms with Gasteiger partial charge in [0.15, 0.2) is 11.3 Å². The molecule has 0 aliphatic carbocycles. The number of nitrogens with two attached hydrogens (primary N) is 2. The molecule has 63 heavy (non-hydrogen) atoms. The van der Waals surface area contributed by atoms with Gasteiger partial charge >= 0.3 is 0 Å². The quantitative estimate of drug-likeness (QED) is 0.195. The molecule has 0 amide bonds. The second-order valence-electron chi connectivity index (χ2n) is 15.1. The van der Waals surface area contributed by atoms with Crippen LogP contribution in [0.1, 0.15) is 59.0 Å². The van der Waals surface area contributed by atoms with Crippen LogP contribution in [0.25, 0.3) is 44.8 Å². The van der Waals surface area contributed by atoms with Gasteiger partial charge in [-0.15, -0.1) is 12.4 Å². The zero-order valence-corrected chi connectivity index (χ0v) is 36.0. The number of hydrogen-bond donors (Lipinski definition) is 3. The summed E-state index contributed by atoms with van der Waals surface area (Å²) in [6, 6.07) is 0.773. The van der Waals surface area contributed by atoms with Crippen LogP contribution in [-0.2, 0) is 14.3 Å². The summed E-state index contributed by atoms with van der Waals surface area (Å²) in [5, 5.41) is 3.41. The summed E-state index contributed by atoms with van der Waals surface area (Å²) in [6.07, 6.45) is 15.6. The number of carbonyl (C=O) groups is 1. The lowest BCUT2D eigenvalue weighted by Crippen LogP contribution is -2.37. The Morgan fingerprint density at radius 2 is 1.05 bits per heavy atom. The van der Waals surface area contributed by atoms with Crippen molar-refractivity contribution in [2.45, 2.75) is 59.0 Å². The number of likely N-dealkylation sites (tertiary alicyclic amines) is 1. The van der Waals surface area contributed by atoms with Gasteiger partial charge in [0.1, 0.15) is 28.7 Å². The van der Waals surface area contributed by atoms with E-state index in [1.54, 1.807) is 24.8 Å². The number of carbonyl (C=O) groups excluding carboxylic acids is 1.